The Balaban J connectivity index is 0.00000169. The number of ether oxygens (including phenoxy) is 1. The molecule has 2 saturated heterocycles. The molecule has 1 aromatic carbocycles. The predicted octanol–water partition coefficient (Wildman–Crippen LogP) is 2.97. The van der Waals surface area contributed by atoms with E-state index in [1.807, 2.05) is 7.05 Å². The summed E-state index contributed by atoms with van der Waals surface area (Å²) in [6.45, 7) is 4.70. The molecule has 5 nitrogen and oxygen atoms in total. The third kappa shape index (κ3) is 3.39. The molecule has 2 aliphatic heterocycles. The number of fused-ring (bicyclic) bond motifs is 1. The molecule has 1 atom stereocenters. The van der Waals surface area contributed by atoms with Crippen molar-refractivity contribution in [2.45, 2.75) is 19.4 Å². The number of guanidine groups is 1. The van der Waals surface area contributed by atoms with Crippen LogP contribution >= 0.6 is 24.0 Å². The van der Waals surface area contributed by atoms with E-state index < -0.39 is 0 Å². The summed E-state index contributed by atoms with van der Waals surface area (Å²) in [7, 11) is 1.86. The number of rotatable bonds is 2. The number of nitrogens with one attached hydrogen (secondary N) is 2. The molecule has 2 aliphatic rings. The minimum atomic E-state index is 0. The fourth-order valence-corrected chi connectivity index (χ4v) is 3.82. The number of H-pyrrole nitrogens is 1. The highest BCUT2D eigenvalue weighted by atomic mass is 127. The summed E-state index contributed by atoms with van der Waals surface area (Å²) in [4.78, 5) is 10.3. The molecule has 0 saturated carbocycles. The normalized spacial score (nSPS) is 23.9. The van der Waals surface area contributed by atoms with Gasteiger partial charge < -0.3 is 19.9 Å². The number of aromatic nitrogens is 1. The van der Waals surface area contributed by atoms with E-state index in [2.05, 4.69) is 50.5 Å². The van der Waals surface area contributed by atoms with Gasteiger partial charge in [0.15, 0.2) is 5.96 Å². The lowest BCUT2D eigenvalue weighted by Gasteiger charge is -2.24. The molecule has 2 fully saturated rings. The Hall–Kier alpha value is -1.28. The van der Waals surface area contributed by atoms with Gasteiger partial charge in [-0.25, -0.2) is 0 Å². The lowest BCUT2D eigenvalue weighted by molar-refractivity contribution is 0.156. The zero-order chi connectivity index (χ0) is 15.7. The zero-order valence-corrected chi connectivity index (χ0v) is 16.4. The Morgan fingerprint density at radius 1 is 1.38 bits per heavy atom. The van der Waals surface area contributed by atoms with E-state index in [4.69, 9.17) is 4.74 Å². The molecular weight excluding hydrogens is 415 g/mol. The summed E-state index contributed by atoms with van der Waals surface area (Å²) in [5.74, 6) is 0.993. The van der Waals surface area contributed by atoms with E-state index in [1.165, 1.54) is 29.4 Å². The zero-order valence-electron chi connectivity index (χ0n) is 14.0. The van der Waals surface area contributed by atoms with Crippen LogP contribution in [-0.4, -0.2) is 49.2 Å². The van der Waals surface area contributed by atoms with Crippen molar-refractivity contribution in [3.63, 3.8) is 0 Å². The Bertz CT molecular complexity index is 688. The summed E-state index contributed by atoms with van der Waals surface area (Å²) in [6.07, 6.45) is 2.39. The number of hydrogen-bond acceptors (Lipinski definition) is 2. The number of benzene rings is 1. The van der Waals surface area contributed by atoms with E-state index >= 15 is 0 Å². The van der Waals surface area contributed by atoms with Crippen LogP contribution in [0.5, 0.6) is 0 Å². The molecule has 2 N–H and O–H groups in total. The van der Waals surface area contributed by atoms with Gasteiger partial charge in [-0.2, -0.15) is 0 Å². The topological polar surface area (TPSA) is 52.7 Å². The lowest BCUT2D eigenvalue weighted by Crippen LogP contribution is -2.41. The van der Waals surface area contributed by atoms with Gasteiger partial charge in [-0.3, -0.25) is 4.99 Å². The van der Waals surface area contributed by atoms with E-state index in [9.17, 15) is 0 Å². The number of nitrogens with zero attached hydrogens (tertiary/aromatic N) is 2. The monoisotopic (exact) mass is 440 g/mol. The number of para-hydroxylation sites is 1. The van der Waals surface area contributed by atoms with Crippen LogP contribution in [0.25, 0.3) is 10.9 Å². The fraction of sp³-hybridized carbons (Fsp3) is 0.500. The van der Waals surface area contributed by atoms with Crippen molar-refractivity contribution >= 4 is 40.8 Å². The van der Waals surface area contributed by atoms with E-state index in [0.29, 0.717) is 5.41 Å². The highest BCUT2D eigenvalue weighted by Crippen LogP contribution is 2.38. The van der Waals surface area contributed by atoms with Crippen molar-refractivity contribution in [3.05, 3.63) is 36.0 Å². The van der Waals surface area contributed by atoms with Crippen LogP contribution in [0, 0.1) is 5.41 Å². The van der Waals surface area contributed by atoms with Gasteiger partial charge in [0.1, 0.15) is 0 Å². The van der Waals surface area contributed by atoms with Gasteiger partial charge in [-0.1, -0.05) is 18.2 Å². The number of aliphatic imine (C=N–C) groups is 1. The van der Waals surface area contributed by atoms with E-state index in [1.54, 1.807) is 0 Å². The first kappa shape index (κ1) is 17.5. The van der Waals surface area contributed by atoms with Crippen LogP contribution in [0.3, 0.4) is 0 Å². The summed E-state index contributed by atoms with van der Waals surface area (Å²) in [5.41, 5.74) is 2.73. The van der Waals surface area contributed by atoms with Crippen molar-refractivity contribution in [3.8, 4) is 0 Å². The van der Waals surface area contributed by atoms with Crippen molar-refractivity contribution < 1.29 is 4.74 Å². The number of hydrogen-bond donors (Lipinski definition) is 2. The Morgan fingerprint density at radius 3 is 3.00 bits per heavy atom. The second-order valence-corrected chi connectivity index (χ2v) is 6.76. The maximum absolute atomic E-state index is 5.61. The summed E-state index contributed by atoms with van der Waals surface area (Å²) in [6, 6.07) is 10.6. The van der Waals surface area contributed by atoms with Gasteiger partial charge >= 0.3 is 0 Å². The lowest BCUT2D eigenvalue weighted by atomic mass is 9.87. The van der Waals surface area contributed by atoms with Gasteiger partial charge in [0.25, 0.3) is 0 Å². The largest absolute Gasteiger partial charge is 0.381 e. The van der Waals surface area contributed by atoms with Crippen LogP contribution in [0.1, 0.15) is 18.5 Å². The van der Waals surface area contributed by atoms with Crippen LogP contribution < -0.4 is 5.32 Å². The highest BCUT2D eigenvalue weighted by molar-refractivity contribution is 14.0. The quantitative estimate of drug-likeness (QED) is 0.429. The second kappa shape index (κ2) is 7.31. The number of aromatic amines is 1. The van der Waals surface area contributed by atoms with Gasteiger partial charge in [0, 0.05) is 43.4 Å². The molecular formula is C18H25IN4O. The van der Waals surface area contributed by atoms with E-state index in [-0.39, 0.29) is 24.0 Å². The van der Waals surface area contributed by atoms with Crippen molar-refractivity contribution in [2.24, 2.45) is 10.4 Å². The number of halogens is 1. The Labute approximate surface area is 159 Å². The SMILES string of the molecule is CN=C(NCc1cc2ccccc2[nH]1)N1CCC2(CCOC2)C1.I. The molecule has 1 unspecified atom stereocenters. The molecule has 6 heteroatoms. The summed E-state index contributed by atoms with van der Waals surface area (Å²) in [5, 5.41) is 4.75. The maximum atomic E-state index is 5.61. The van der Waals surface area contributed by atoms with Crippen LogP contribution in [0.2, 0.25) is 0 Å². The molecule has 24 heavy (non-hydrogen) atoms. The average molecular weight is 440 g/mol. The summed E-state index contributed by atoms with van der Waals surface area (Å²) < 4.78 is 5.61. The van der Waals surface area contributed by atoms with Gasteiger partial charge in [-0.05, 0) is 30.4 Å². The molecule has 2 aromatic rings. The first-order valence-electron chi connectivity index (χ1n) is 8.38. The van der Waals surface area contributed by atoms with E-state index in [0.717, 1.165) is 38.8 Å². The molecule has 1 aromatic heterocycles. The Morgan fingerprint density at radius 2 is 2.25 bits per heavy atom. The van der Waals surface area contributed by atoms with Crippen molar-refractivity contribution in [2.75, 3.05) is 33.4 Å². The molecule has 130 valence electrons. The van der Waals surface area contributed by atoms with Crippen molar-refractivity contribution in [1.82, 2.24) is 15.2 Å². The van der Waals surface area contributed by atoms with Crippen molar-refractivity contribution in [1.29, 1.82) is 0 Å². The highest BCUT2D eigenvalue weighted by Gasteiger charge is 2.42. The van der Waals surface area contributed by atoms with Gasteiger partial charge in [0.05, 0.1) is 13.2 Å². The second-order valence-electron chi connectivity index (χ2n) is 6.76. The number of likely N-dealkylation sites (tertiary alicyclic amines) is 1. The predicted molar refractivity (Wildman–Crippen MR) is 108 cm³/mol. The van der Waals surface area contributed by atoms with Crippen LogP contribution in [-0.2, 0) is 11.3 Å². The minimum Gasteiger partial charge on any atom is -0.381 e. The molecule has 0 amide bonds. The molecule has 0 bridgehead atoms. The summed E-state index contributed by atoms with van der Waals surface area (Å²) >= 11 is 0. The van der Waals surface area contributed by atoms with Crippen LogP contribution in [0.15, 0.2) is 35.3 Å². The molecule has 0 radical (unpaired) electrons. The first-order chi connectivity index (χ1) is 11.3. The fourth-order valence-electron chi connectivity index (χ4n) is 3.82. The smallest absolute Gasteiger partial charge is 0.193 e. The first-order valence-corrected chi connectivity index (χ1v) is 8.38. The minimum absolute atomic E-state index is 0. The standard InChI is InChI=1S/C18H24N4O.HI/c1-19-17(22-8-6-18(12-22)7-9-23-13-18)20-11-15-10-14-4-2-3-5-16(14)21-15;/h2-5,10,21H,6-9,11-13H2,1H3,(H,19,20);1H. The van der Waals surface area contributed by atoms with Gasteiger partial charge in [0.2, 0.25) is 0 Å². The molecule has 3 heterocycles. The average Bonchev–Trinajstić information content (AvgIpc) is 3.29. The van der Waals surface area contributed by atoms with Crippen LogP contribution in [0.4, 0.5) is 0 Å². The molecule has 1 spiro atoms. The third-order valence-corrected chi connectivity index (χ3v) is 5.16. The molecule has 4 rings (SSSR count). The maximum Gasteiger partial charge on any atom is 0.193 e. The third-order valence-electron chi connectivity index (χ3n) is 5.16. The Kier molecular flexibility index (Phi) is 5.34. The van der Waals surface area contributed by atoms with Gasteiger partial charge in [-0.15, -0.1) is 24.0 Å². The molecule has 0 aliphatic carbocycles.